The maximum atomic E-state index is 14.1. The molecule has 2 aliphatic heterocycles. The summed E-state index contributed by atoms with van der Waals surface area (Å²) >= 11 is 1.56. The number of para-hydroxylation sites is 1. The lowest BCUT2D eigenvalue weighted by atomic mass is 9.94. The van der Waals surface area contributed by atoms with Crippen LogP contribution in [0.4, 0.5) is 0 Å². The van der Waals surface area contributed by atoms with Gasteiger partial charge in [-0.15, -0.1) is 11.3 Å². The Morgan fingerprint density at radius 3 is 2.61 bits per heavy atom. The number of aliphatic hydroxyl groups excluding tert-OH is 1. The summed E-state index contributed by atoms with van der Waals surface area (Å²) in [4.78, 5) is 39.0. The number of hydrogen-bond donors (Lipinski definition) is 3. The molecular weight excluding hydrogens is 639 g/mol. The SMILES string of the molecule is Cc1csc([C@H]2CCCN2C(=O)c2cc(C(=O)N[C@@H](Cc3ccccc3)[C@@H](O)[C@H]3C[C@@H](Oc4ccccc4)CN3)cc(-c3ncco3)c2)n1. The molecule has 5 atom stereocenters. The average Bonchev–Trinajstić information content (AvgIpc) is 3.96. The van der Waals surface area contributed by atoms with Crippen LogP contribution in [0.15, 0.2) is 101 Å². The molecule has 0 unspecified atom stereocenters. The molecule has 11 heteroatoms. The van der Waals surface area contributed by atoms with Gasteiger partial charge in [0, 0.05) is 53.3 Å². The molecule has 252 valence electrons. The molecule has 49 heavy (non-hydrogen) atoms. The molecule has 10 nitrogen and oxygen atoms in total. The molecule has 4 heterocycles. The van der Waals surface area contributed by atoms with Gasteiger partial charge in [0.15, 0.2) is 0 Å². The summed E-state index contributed by atoms with van der Waals surface area (Å²) in [5, 5.41) is 21.2. The first kappa shape index (κ1) is 32.7. The fourth-order valence-electron chi connectivity index (χ4n) is 6.76. The number of aromatic nitrogens is 2. The molecule has 0 saturated carbocycles. The van der Waals surface area contributed by atoms with Gasteiger partial charge in [0.2, 0.25) is 5.89 Å². The zero-order valence-corrected chi connectivity index (χ0v) is 28.0. The van der Waals surface area contributed by atoms with Crippen molar-refractivity contribution < 1.29 is 23.8 Å². The van der Waals surface area contributed by atoms with Gasteiger partial charge in [-0.2, -0.15) is 0 Å². The maximum absolute atomic E-state index is 14.1. The van der Waals surface area contributed by atoms with Crippen molar-refractivity contribution in [3.8, 4) is 17.2 Å². The van der Waals surface area contributed by atoms with Crippen LogP contribution in [0.3, 0.4) is 0 Å². The van der Waals surface area contributed by atoms with E-state index < -0.39 is 18.1 Å². The van der Waals surface area contributed by atoms with Gasteiger partial charge in [0.05, 0.1) is 24.4 Å². The van der Waals surface area contributed by atoms with E-state index >= 15 is 0 Å². The van der Waals surface area contributed by atoms with E-state index in [9.17, 15) is 14.7 Å². The van der Waals surface area contributed by atoms with Crippen LogP contribution in [0, 0.1) is 6.92 Å². The van der Waals surface area contributed by atoms with Gasteiger partial charge >= 0.3 is 0 Å². The van der Waals surface area contributed by atoms with E-state index in [1.807, 2.05) is 77.9 Å². The van der Waals surface area contributed by atoms with Crippen LogP contribution in [0.2, 0.25) is 0 Å². The number of oxazole rings is 1. The molecule has 0 spiro atoms. The van der Waals surface area contributed by atoms with Gasteiger partial charge in [-0.25, -0.2) is 9.97 Å². The molecule has 2 aliphatic rings. The number of nitrogens with zero attached hydrogens (tertiary/aromatic N) is 3. The fourth-order valence-corrected chi connectivity index (χ4v) is 7.70. The molecule has 2 fully saturated rings. The summed E-state index contributed by atoms with van der Waals surface area (Å²) in [7, 11) is 0. The van der Waals surface area contributed by atoms with Crippen molar-refractivity contribution in [1.29, 1.82) is 0 Å². The molecule has 7 rings (SSSR count). The standard InChI is InChI=1S/C38H39N5O5S/c1-24-23-49-37(41-24)33-13-8-15-43(33)38(46)28-19-26(18-27(20-28)36-39-14-16-47-36)35(45)42-32(17-25-9-4-2-5-10-25)34(44)31-21-30(22-40-31)48-29-11-6-3-7-12-29/h2-7,9-12,14,16,18-20,23,30-34,40,44H,8,13,15,17,21-22H2,1H3,(H,42,45)/t30-,31-,32+,33-,34+/m1/s1. The van der Waals surface area contributed by atoms with Crippen LogP contribution >= 0.6 is 11.3 Å². The summed E-state index contributed by atoms with van der Waals surface area (Å²) in [6, 6.07) is 23.3. The number of aliphatic hydroxyl groups is 1. The van der Waals surface area contributed by atoms with E-state index in [1.54, 1.807) is 29.5 Å². The summed E-state index contributed by atoms with van der Waals surface area (Å²) in [5.74, 6) is 0.485. The molecule has 2 amide bonds. The lowest BCUT2D eigenvalue weighted by Crippen LogP contribution is -2.52. The van der Waals surface area contributed by atoms with Gasteiger partial charge < -0.3 is 29.8 Å². The van der Waals surface area contributed by atoms with Gasteiger partial charge in [0.1, 0.15) is 23.1 Å². The zero-order valence-electron chi connectivity index (χ0n) is 27.2. The van der Waals surface area contributed by atoms with Crippen molar-refractivity contribution in [3.05, 3.63) is 124 Å². The van der Waals surface area contributed by atoms with Gasteiger partial charge in [-0.1, -0.05) is 48.5 Å². The van der Waals surface area contributed by atoms with Crippen molar-refractivity contribution in [2.45, 2.75) is 62.9 Å². The van der Waals surface area contributed by atoms with Crippen LogP contribution in [0.1, 0.15) is 62.3 Å². The predicted octanol–water partition coefficient (Wildman–Crippen LogP) is 5.60. The third-order valence-electron chi connectivity index (χ3n) is 9.17. The van der Waals surface area contributed by atoms with E-state index in [2.05, 4.69) is 20.6 Å². The Hall–Kier alpha value is -4.84. The van der Waals surface area contributed by atoms with E-state index in [0.29, 0.717) is 42.9 Å². The van der Waals surface area contributed by atoms with Crippen molar-refractivity contribution in [2.24, 2.45) is 0 Å². The second-order valence-corrected chi connectivity index (χ2v) is 13.6. The molecule has 3 aromatic carbocycles. The lowest BCUT2D eigenvalue weighted by Gasteiger charge is -2.29. The number of carbonyl (C=O) groups is 2. The number of aryl methyl sites for hydroxylation is 1. The Balaban J connectivity index is 1.14. The average molecular weight is 678 g/mol. The van der Waals surface area contributed by atoms with Crippen LogP contribution in [-0.2, 0) is 6.42 Å². The molecule has 2 saturated heterocycles. The first-order valence-corrected chi connectivity index (χ1v) is 17.5. The minimum Gasteiger partial charge on any atom is -0.489 e. The molecule has 5 aromatic rings. The number of likely N-dealkylation sites (tertiary alicyclic amines) is 1. The van der Waals surface area contributed by atoms with E-state index in [-0.39, 0.29) is 29.7 Å². The third kappa shape index (κ3) is 7.59. The van der Waals surface area contributed by atoms with Crippen molar-refractivity contribution in [1.82, 2.24) is 25.5 Å². The predicted molar refractivity (Wildman–Crippen MR) is 186 cm³/mol. The number of rotatable bonds is 11. The number of ether oxygens (including phenoxy) is 1. The third-order valence-corrected chi connectivity index (χ3v) is 10.2. The highest BCUT2D eigenvalue weighted by Crippen LogP contribution is 2.35. The largest absolute Gasteiger partial charge is 0.489 e. The van der Waals surface area contributed by atoms with E-state index in [0.717, 1.165) is 34.9 Å². The number of nitrogens with one attached hydrogen (secondary N) is 2. The minimum absolute atomic E-state index is 0.118. The highest BCUT2D eigenvalue weighted by atomic mass is 32.1. The highest BCUT2D eigenvalue weighted by molar-refractivity contribution is 7.09. The normalized spacial score (nSPS) is 20.2. The minimum atomic E-state index is -0.920. The van der Waals surface area contributed by atoms with Crippen molar-refractivity contribution >= 4 is 23.2 Å². The van der Waals surface area contributed by atoms with Gasteiger partial charge in [0.25, 0.3) is 11.8 Å². The second kappa shape index (κ2) is 14.7. The smallest absolute Gasteiger partial charge is 0.254 e. The van der Waals surface area contributed by atoms with E-state index in [1.165, 1.54) is 12.5 Å². The lowest BCUT2D eigenvalue weighted by molar-refractivity contribution is 0.0720. The van der Waals surface area contributed by atoms with Gasteiger partial charge in [-0.3, -0.25) is 9.59 Å². The van der Waals surface area contributed by atoms with E-state index in [4.69, 9.17) is 9.15 Å². The molecule has 2 aromatic heterocycles. The number of benzene rings is 3. The summed E-state index contributed by atoms with van der Waals surface area (Å²) < 4.78 is 11.7. The van der Waals surface area contributed by atoms with Gasteiger partial charge in [-0.05, 0) is 62.1 Å². The topological polar surface area (TPSA) is 130 Å². The Morgan fingerprint density at radius 2 is 1.88 bits per heavy atom. The van der Waals surface area contributed by atoms with Crippen LogP contribution in [-0.4, -0.2) is 69.2 Å². The van der Waals surface area contributed by atoms with Crippen LogP contribution in [0.5, 0.6) is 5.75 Å². The maximum Gasteiger partial charge on any atom is 0.254 e. The number of thiazole rings is 1. The first-order valence-electron chi connectivity index (χ1n) is 16.7. The molecule has 0 bridgehead atoms. The molecule has 0 radical (unpaired) electrons. The number of carbonyl (C=O) groups excluding carboxylic acids is 2. The molecule has 0 aliphatic carbocycles. The Bertz CT molecular complexity index is 1870. The number of amides is 2. The van der Waals surface area contributed by atoms with Crippen LogP contribution in [0.25, 0.3) is 11.5 Å². The first-order chi connectivity index (χ1) is 23.9. The van der Waals surface area contributed by atoms with Crippen molar-refractivity contribution in [2.75, 3.05) is 13.1 Å². The Kier molecular flexibility index (Phi) is 9.83. The quantitative estimate of drug-likeness (QED) is 0.165. The summed E-state index contributed by atoms with van der Waals surface area (Å²) in [6.45, 7) is 3.12. The second-order valence-electron chi connectivity index (χ2n) is 12.7. The summed E-state index contributed by atoms with van der Waals surface area (Å²) in [5.41, 5.74) is 3.06. The monoisotopic (exact) mass is 677 g/mol. The Morgan fingerprint density at radius 1 is 1.10 bits per heavy atom. The van der Waals surface area contributed by atoms with Crippen molar-refractivity contribution in [3.63, 3.8) is 0 Å². The Labute approximate surface area is 289 Å². The van der Waals surface area contributed by atoms with Crippen LogP contribution < -0.4 is 15.4 Å². The fraction of sp³-hybridized carbons (Fsp3) is 0.316. The summed E-state index contributed by atoms with van der Waals surface area (Å²) in [6.07, 6.45) is 4.63. The molecule has 3 N–H and O–H groups in total. The number of hydrogen-bond acceptors (Lipinski definition) is 9. The highest BCUT2D eigenvalue weighted by Gasteiger charge is 2.37. The molecular formula is C38H39N5O5S. The zero-order chi connectivity index (χ0) is 33.7.